The van der Waals surface area contributed by atoms with Crippen molar-refractivity contribution in [2.75, 3.05) is 7.05 Å². The van der Waals surface area contributed by atoms with E-state index in [1.165, 1.54) is 13.4 Å². The van der Waals surface area contributed by atoms with Crippen LogP contribution < -0.4 is 16.0 Å². The molecule has 0 aliphatic heterocycles. The average molecular weight is 411 g/mol. The molecule has 2 amide bonds. The monoisotopic (exact) mass is 411 g/mol. The summed E-state index contributed by atoms with van der Waals surface area (Å²) in [6, 6.07) is -3.60. The van der Waals surface area contributed by atoms with Gasteiger partial charge < -0.3 is 31.1 Å². The third-order valence-corrected chi connectivity index (χ3v) is 4.08. The number of imidazole rings is 1. The molecule has 0 aromatic carbocycles. The van der Waals surface area contributed by atoms with E-state index in [0.717, 1.165) is 0 Å². The van der Waals surface area contributed by atoms with Crippen LogP contribution >= 0.6 is 0 Å². The second kappa shape index (κ2) is 11.5. The van der Waals surface area contributed by atoms with Gasteiger partial charge in [-0.2, -0.15) is 0 Å². The van der Waals surface area contributed by atoms with E-state index < -0.39 is 54.7 Å². The molecular formula is C17H25N5O7. The van der Waals surface area contributed by atoms with Crippen LogP contribution in [0.1, 0.15) is 31.9 Å². The van der Waals surface area contributed by atoms with E-state index in [0.29, 0.717) is 5.69 Å². The van der Waals surface area contributed by atoms with E-state index in [4.69, 9.17) is 10.2 Å². The Morgan fingerprint density at radius 2 is 1.55 bits per heavy atom. The summed E-state index contributed by atoms with van der Waals surface area (Å²) in [6.45, 7) is 1.62. The maximum absolute atomic E-state index is 12.6. The maximum Gasteiger partial charge on any atom is 0.305 e. The number of Topliss-reactive ketones (excluding diaryl/α,β-unsaturated/α-hetero) is 1. The van der Waals surface area contributed by atoms with Gasteiger partial charge in [0.15, 0.2) is 5.78 Å². The summed E-state index contributed by atoms with van der Waals surface area (Å²) in [5.41, 5.74) is 0.521. The number of aliphatic carboxylic acids is 2. The zero-order valence-corrected chi connectivity index (χ0v) is 16.1. The van der Waals surface area contributed by atoms with E-state index in [9.17, 15) is 24.0 Å². The summed E-state index contributed by atoms with van der Waals surface area (Å²) < 4.78 is 0. The van der Waals surface area contributed by atoms with Gasteiger partial charge in [-0.15, -0.1) is 0 Å². The highest BCUT2D eigenvalue weighted by Gasteiger charge is 2.30. The second-order valence-corrected chi connectivity index (χ2v) is 6.24. The van der Waals surface area contributed by atoms with Crippen LogP contribution in [0.15, 0.2) is 12.5 Å². The van der Waals surface area contributed by atoms with Gasteiger partial charge in [-0.3, -0.25) is 24.0 Å². The predicted molar refractivity (Wildman–Crippen MR) is 98.8 cm³/mol. The minimum atomic E-state index is -1.49. The fourth-order valence-corrected chi connectivity index (χ4v) is 2.53. The van der Waals surface area contributed by atoms with Gasteiger partial charge in [0.25, 0.3) is 0 Å². The predicted octanol–water partition coefficient (Wildman–Crippen LogP) is -1.56. The molecule has 1 aromatic heterocycles. The van der Waals surface area contributed by atoms with Crippen molar-refractivity contribution in [2.24, 2.45) is 0 Å². The van der Waals surface area contributed by atoms with Crippen LogP contribution in [0.25, 0.3) is 0 Å². The molecule has 0 aliphatic carbocycles. The van der Waals surface area contributed by atoms with E-state index >= 15 is 0 Å². The lowest BCUT2D eigenvalue weighted by Gasteiger charge is -2.23. The Bertz CT molecular complexity index is 735. The number of carbonyl (C=O) groups excluding carboxylic acids is 3. The second-order valence-electron chi connectivity index (χ2n) is 6.24. The van der Waals surface area contributed by atoms with Gasteiger partial charge in [-0.05, 0) is 7.05 Å². The third-order valence-electron chi connectivity index (χ3n) is 4.08. The van der Waals surface area contributed by atoms with Gasteiger partial charge in [0.2, 0.25) is 11.8 Å². The van der Waals surface area contributed by atoms with Crippen molar-refractivity contribution in [1.29, 1.82) is 0 Å². The number of carboxylic acid groups (broad SMARTS) is 2. The molecule has 0 radical (unpaired) electrons. The number of aromatic amines is 1. The maximum atomic E-state index is 12.6. The smallest absolute Gasteiger partial charge is 0.305 e. The summed E-state index contributed by atoms with van der Waals surface area (Å²) in [7, 11) is 1.36. The zero-order valence-electron chi connectivity index (χ0n) is 16.1. The van der Waals surface area contributed by atoms with Crippen LogP contribution in [0.4, 0.5) is 0 Å². The number of carbonyl (C=O) groups is 5. The molecule has 1 aromatic rings. The number of likely N-dealkylation sites (N-methyl/N-ethyl adjacent to an activating group) is 1. The summed E-state index contributed by atoms with van der Waals surface area (Å²) in [4.78, 5) is 65.7. The molecule has 0 spiro atoms. The van der Waals surface area contributed by atoms with Crippen molar-refractivity contribution in [2.45, 2.75) is 50.7 Å². The first kappa shape index (κ1) is 23.8. The van der Waals surface area contributed by atoms with E-state index in [2.05, 4.69) is 25.9 Å². The Hall–Kier alpha value is -3.28. The Labute approximate surface area is 166 Å². The van der Waals surface area contributed by atoms with E-state index in [1.807, 2.05) is 0 Å². The number of nitrogens with one attached hydrogen (secondary N) is 4. The lowest BCUT2D eigenvalue weighted by atomic mass is 10.0. The average Bonchev–Trinajstić information content (AvgIpc) is 3.16. The number of ketones is 1. The van der Waals surface area contributed by atoms with Gasteiger partial charge in [0.05, 0.1) is 36.9 Å². The molecule has 12 nitrogen and oxygen atoms in total. The molecule has 0 saturated heterocycles. The first-order chi connectivity index (χ1) is 13.7. The number of hydrogen-bond acceptors (Lipinski definition) is 7. The number of nitrogens with zero attached hydrogens (tertiary/aromatic N) is 1. The normalized spacial score (nSPS) is 13.7. The molecule has 0 saturated carbocycles. The van der Waals surface area contributed by atoms with Crippen molar-refractivity contribution in [3.05, 3.63) is 18.2 Å². The summed E-state index contributed by atoms with van der Waals surface area (Å²) in [5, 5.41) is 25.1. The first-order valence-corrected chi connectivity index (χ1v) is 8.89. The Balaban J connectivity index is 2.92. The van der Waals surface area contributed by atoms with Crippen LogP contribution in [-0.4, -0.2) is 74.9 Å². The summed E-state index contributed by atoms with van der Waals surface area (Å²) >= 11 is 0. The Morgan fingerprint density at radius 1 is 1.00 bits per heavy atom. The summed E-state index contributed by atoms with van der Waals surface area (Å²) in [5.74, 6) is -4.60. The summed E-state index contributed by atoms with van der Waals surface area (Å²) in [6.07, 6.45) is 1.90. The van der Waals surface area contributed by atoms with Gasteiger partial charge in [0.1, 0.15) is 6.04 Å². The molecule has 29 heavy (non-hydrogen) atoms. The SMILES string of the molecule is CCC(=O)[C@H](Cc1c[nH]cn1)NC(=O)[C@H](CC(=O)O)NC(=O)[C@H](CC(=O)O)NC. The largest absolute Gasteiger partial charge is 0.481 e. The van der Waals surface area contributed by atoms with Crippen molar-refractivity contribution in [3.63, 3.8) is 0 Å². The number of aromatic nitrogens is 2. The van der Waals surface area contributed by atoms with Crippen LogP contribution in [0.5, 0.6) is 0 Å². The van der Waals surface area contributed by atoms with E-state index in [1.54, 1.807) is 13.1 Å². The van der Waals surface area contributed by atoms with Gasteiger partial charge in [-0.25, -0.2) is 4.98 Å². The molecule has 0 fully saturated rings. The number of H-pyrrole nitrogens is 1. The molecule has 0 bridgehead atoms. The number of rotatable bonds is 13. The van der Waals surface area contributed by atoms with Crippen molar-refractivity contribution >= 4 is 29.5 Å². The highest BCUT2D eigenvalue weighted by atomic mass is 16.4. The minimum absolute atomic E-state index is 0.0911. The fourth-order valence-electron chi connectivity index (χ4n) is 2.53. The lowest BCUT2D eigenvalue weighted by molar-refractivity contribution is -0.142. The highest BCUT2D eigenvalue weighted by molar-refractivity contribution is 5.96. The molecule has 1 rings (SSSR count). The Kier molecular flexibility index (Phi) is 9.45. The fraction of sp³-hybridized carbons (Fsp3) is 0.529. The molecular weight excluding hydrogens is 386 g/mol. The molecule has 160 valence electrons. The topological polar surface area (TPSA) is 191 Å². The Morgan fingerprint density at radius 3 is 2.03 bits per heavy atom. The van der Waals surface area contributed by atoms with E-state index in [-0.39, 0.29) is 18.6 Å². The van der Waals surface area contributed by atoms with Crippen molar-refractivity contribution in [1.82, 2.24) is 25.9 Å². The van der Waals surface area contributed by atoms with Gasteiger partial charge in [-0.1, -0.05) is 6.92 Å². The molecule has 0 aliphatic rings. The van der Waals surface area contributed by atoms with Crippen LogP contribution in [-0.2, 0) is 30.4 Å². The van der Waals surface area contributed by atoms with Crippen LogP contribution in [0.3, 0.4) is 0 Å². The third kappa shape index (κ3) is 8.09. The molecule has 6 N–H and O–H groups in total. The number of carboxylic acids is 2. The zero-order chi connectivity index (χ0) is 22.0. The molecule has 1 heterocycles. The van der Waals surface area contributed by atoms with Crippen LogP contribution in [0.2, 0.25) is 0 Å². The molecule has 12 heteroatoms. The minimum Gasteiger partial charge on any atom is -0.481 e. The quantitative estimate of drug-likeness (QED) is 0.223. The highest BCUT2D eigenvalue weighted by Crippen LogP contribution is 2.04. The van der Waals surface area contributed by atoms with Crippen LogP contribution in [0, 0.1) is 0 Å². The molecule has 0 unspecified atom stereocenters. The standard InChI is InChI=1S/C17H25N5O7/c1-3-13(23)10(4-9-7-19-8-20-9)21-17(29)12(6-15(26)27)22-16(28)11(18-2)5-14(24)25/h7-8,10-12,18H,3-6H2,1-2H3,(H,19,20)(H,21,29)(H,22,28)(H,24,25)(H,26,27)/t10-,11-,12-/m0/s1. The van der Waals surface area contributed by atoms with Gasteiger partial charge in [0, 0.05) is 19.0 Å². The van der Waals surface area contributed by atoms with Gasteiger partial charge >= 0.3 is 11.9 Å². The van der Waals surface area contributed by atoms with Crippen molar-refractivity contribution in [3.8, 4) is 0 Å². The number of amides is 2. The molecule has 3 atom stereocenters. The first-order valence-electron chi connectivity index (χ1n) is 8.89. The lowest BCUT2D eigenvalue weighted by Crippen LogP contribution is -2.56. The van der Waals surface area contributed by atoms with Crippen molar-refractivity contribution < 1.29 is 34.2 Å². The number of hydrogen-bond donors (Lipinski definition) is 6.